The van der Waals surface area contributed by atoms with Gasteiger partial charge in [0.2, 0.25) is 0 Å². The number of para-hydroxylation sites is 1. The van der Waals surface area contributed by atoms with Gasteiger partial charge in [-0.1, -0.05) is 24.3 Å². The second kappa shape index (κ2) is 4.45. The molecule has 1 aromatic heterocycles. The van der Waals surface area contributed by atoms with Gasteiger partial charge in [0.25, 0.3) is 0 Å². The normalized spacial score (nSPS) is 10.5. The largest absolute Gasteiger partial charge is 0.299 e. The molecule has 0 radical (unpaired) electrons. The number of pyridine rings is 1. The molecule has 0 aliphatic rings. The van der Waals surface area contributed by atoms with Crippen molar-refractivity contribution in [3.63, 3.8) is 0 Å². The van der Waals surface area contributed by atoms with Crippen LogP contribution in [0.3, 0.4) is 0 Å². The Labute approximate surface area is 93.2 Å². The first-order chi connectivity index (χ1) is 7.25. The van der Waals surface area contributed by atoms with E-state index in [-0.39, 0.29) is 0 Å². The number of fused-ring (bicyclic) bond motifs is 1. The first kappa shape index (κ1) is 10.2. The van der Waals surface area contributed by atoms with Gasteiger partial charge in [0.15, 0.2) is 0 Å². The lowest BCUT2D eigenvalue weighted by Crippen LogP contribution is -1.89. The molecule has 2 nitrogen and oxygen atoms in total. The molecule has 0 amide bonds. The molecule has 0 atom stereocenters. The van der Waals surface area contributed by atoms with Crippen LogP contribution in [0.15, 0.2) is 36.4 Å². The summed E-state index contributed by atoms with van der Waals surface area (Å²) in [5.41, 5.74) is 2.06. The Balaban J connectivity index is 2.26. The molecule has 0 aliphatic carbocycles. The molecule has 0 fully saturated rings. The summed E-state index contributed by atoms with van der Waals surface area (Å²) in [5.74, 6) is 0.778. The Kier molecular flexibility index (Phi) is 3.02. The minimum atomic E-state index is 0.630. The van der Waals surface area contributed by atoms with E-state index in [9.17, 15) is 0 Å². The zero-order chi connectivity index (χ0) is 10.7. The molecule has 2 aromatic rings. The van der Waals surface area contributed by atoms with Crippen LogP contribution in [0.2, 0.25) is 0 Å². The lowest BCUT2D eigenvalue weighted by Gasteiger charge is -2.01. The molecule has 1 aromatic carbocycles. The monoisotopic (exact) mass is 216 g/mol. The average Bonchev–Trinajstić information content (AvgIpc) is 2.26. The first-order valence-corrected chi connectivity index (χ1v) is 5.77. The quantitative estimate of drug-likeness (QED) is 0.616. The van der Waals surface area contributed by atoms with Crippen LogP contribution in [-0.2, 0) is 5.75 Å². The van der Waals surface area contributed by atoms with E-state index in [1.165, 1.54) is 11.8 Å². The number of benzene rings is 1. The van der Waals surface area contributed by atoms with Gasteiger partial charge in [-0.05, 0) is 19.1 Å². The average molecular weight is 216 g/mol. The van der Waals surface area contributed by atoms with Gasteiger partial charge in [0.05, 0.1) is 16.3 Å². The maximum absolute atomic E-state index is 7.34. The second-order valence-electron chi connectivity index (χ2n) is 3.34. The highest BCUT2D eigenvalue weighted by molar-refractivity contribution is 8.13. The van der Waals surface area contributed by atoms with Gasteiger partial charge < -0.3 is 0 Å². The van der Waals surface area contributed by atoms with E-state index in [1.807, 2.05) is 24.3 Å². The molecular formula is C12H12N2S. The SMILES string of the molecule is CC(=N)SCc1ccc2ccccc2n1. The van der Waals surface area contributed by atoms with Crippen LogP contribution in [0, 0.1) is 5.41 Å². The maximum atomic E-state index is 7.34. The zero-order valence-electron chi connectivity index (χ0n) is 8.53. The second-order valence-corrected chi connectivity index (χ2v) is 4.53. The standard InChI is InChI=1S/C12H12N2S/c1-9(13)15-8-11-7-6-10-4-2-3-5-12(10)14-11/h2-7,13H,8H2,1H3. The number of thioether (sulfide) groups is 1. The van der Waals surface area contributed by atoms with Crippen LogP contribution in [0.4, 0.5) is 0 Å². The summed E-state index contributed by atoms with van der Waals surface area (Å²) in [6.07, 6.45) is 0. The smallest absolute Gasteiger partial charge is 0.0705 e. The van der Waals surface area contributed by atoms with Crippen LogP contribution in [0.25, 0.3) is 10.9 Å². The Bertz CT molecular complexity index is 494. The van der Waals surface area contributed by atoms with E-state index >= 15 is 0 Å². The number of nitrogens with one attached hydrogen (secondary N) is 1. The van der Waals surface area contributed by atoms with Gasteiger partial charge >= 0.3 is 0 Å². The van der Waals surface area contributed by atoms with Crippen molar-refractivity contribution < 1.29 is 0 Å². The van der Waals surface area contributed by atoms with Crippen LogP contribution in [0.1, 0.15) is 12.6 Å². The van der Waals surface area contributed by atoms with Gasteiger partial charge in [-0.2, -0.15) is 0 Å². The lowest BCUT2D eigenvalue weighted by atomic mass is 10.2. The Morgan fingerprint density at radius 3 is 2.87 bits per heavy atom. The molecule has 0 saturated carbocycles. The van der Waals surface area contributed by atoms with Gasteiger partial charge in [-0.15, -0.1) is 11.8 Å². The fourth-order valence-corrected chi connectivity index (χ4v) is 1.90. The Hall–Kier alpha value is -1.35. The highest BCUT2D eigenvalue weighted by Gasteiger charge is 1.98. The van der Waals surface area contributed by atoms with Gasteiger partial charge in [-0.3, -0.25) is 10.4 Å². The van der Waals surface area contributed by atoms with E-state index in [0.29, 0.717) is 5.04 Å². The summed E-state index contributed by atoms with van der Waals surface area (Å²) >= 11 is 1.51. The van der Waals surface area contributed by atoms with Crippen LogP contribution >= 0.6 is 11.8 Å². The molecule has 0 spiro atoms. The minimum absolute atomic E-state index is 0.630. The Morgan fingerprint density at radius 2 is 2.07 bits per heavy atom. The summed E-state index contributed by atoms with van der Waals surface area (Å²) in [7, 11) is 0. The molecule has 76 valence electrons. The van der Waals surface area contributed by atoms with Crippen molar-refractivity contribution in [1.82, 2.24) is 4.98 Å². The van der Waals surface area contributed by atoms with E-state index < -0.39 is 0 Å². The summed E-state index contributed by atoms with van der Waals surface area (Å²) < 4.78 is 0. The van der Waals surface area contributed by atoms with Crippen molar-refractivity contribution in [3.05, 3.63) is 42.1 Å². The van der Waals surface area contributed by atoms with E-state index in [0.717, 1.165) is 22.3 Å². The number of hydrogen-bond donors (Lipinski definition) is 1. The topological polar surface area (TPSA) is 36.7 Å². The van der Waals surface area contributed by atoms with Crippen molar-refractivity contribution in [2.24, 2.45) is 0 Å². The molecule has 0 saturated heterocycles. The van der Waals surface area contributed by atoms with Crippen LogP contribution < -0.4 is 0 Å². The van der Waals surface area contributed by atoms with Crippen molar-refractivity contribution in [2.75, 3.05) is 0 Å². The van der Waals surface area contributed by atoms with Gasteiger partial charge in [-0.25, -0.2) is 0 Å². The maximum Gasteiger partial charge on any atom is 0.0705 e. The third-order valence-electron chi connectivity index (χ3n) is 2.09. The summed E-state index contributed by atoms with van der Waals surface area (Å²) in [6, 6.07) is 12.2. The molecule has 0 bridgehead atoms. The molecule has 0 unspecified atom stereocenters. The first-order valence-electron chi connectivity index (χ1n) is 4.78. The predicted octanol–water partition coefficient (Wildman–Crippen LogP) is 3.47. The molecule has 1 N–H and O–H groups in total. The van der Waals surface area contributed by atoms with Gasteiger partial charge in [0, 0.05) is 11.1 Å². The fraction of sp³-hybridized carbons (Fsp3) is 0.167. The number of aromatic nitrogens is 1. The molecule has 0 aliphatic heterocycles. The van der Waals surface area contributed by atoms with Crippen molar-refractivity contribution in [3.8, 4) is 0 Å². The third-order valence-corrected chi connectivity index (χ3v) is 2.97. The van der Waals surface area contributed by atoms with Crippen molar-refractivity contribution in [1.29, 1.82) is 5.41 Å². The lowest BCUT2D eigenvalue weighted by molar-refractivity contribution is 1.23. The van der Waals surface area contributed by atoms with Crippen molar-refractivity contribution in [2.45, 2.75) is 12.7 Å². The number of hydrogen-bond acceptors (Lipinski definition) is 3. The van der Waals surface area contributed by atoms with Crippen LogP contribution in [0.5, 0.6) is 0 Å². The highest BCUT2D eigenvalue weighted by atomic mass is 32.2. The van der Waals surface area contributed by atoms with E-state index in [4.69, 9.17) is 5.41 Å². The van der Waals surface area contributed by atoms with Gasteiger partial charge in [0.1, 0.15) is 0 Å². The molecule has 15 heavy (non-hydrogen) atoms. The molecule has 2 rings (SSSR count). The van der Waals surface area contributed by atoms with Crippen LogP contribution in [-0.4, -0.2) is 10.0 Å². The summed E-state index contributed by atoms with van der Waals surface area (Å²) in [5, 5.41) is 9.14. The van der Waals surface area contributed by atoms with Crippen molar-refractivity contribution >= 4 is 27.7 Å². The zero-order valence-corrected chi connectivity index (χ0v) is 9.34. The fourth-order valence-electron chi connectivity index (χ4n) is 1.37. The highest BCUT2D eigenvalue weighted by Crippen LogP contribution is 2.16. The minimum Gasteiger partial charge on any atom is -0.299 e. The molecule has 1 heterocycles. The summed E-state index contributed by atoms with van der Waals surface area (Å²) in [4.78, 5) is 4.53. The molecule has 3 heteroatoms. The third kappa shape index (κ3) is 2.57. The number of nitrogens with zero attached hydrogens (tertiary/aromatic N) is 1. The van der Waals surface area contributed by atoms with E-state index in [1.54, 1.807) is 6.92 Å². The summed E-state index contributed by atoms with van der Waals surface area (Å²) in [6.45, 7) is 1.80. The molecular weight excluding hydrogens is 204 g/mol. The Morgan fingerprint density at radius 1 is 1.27 bits per heavy atom. The number of rotatable bonds is 2. The van der Waals surface area contributed by atoms with E-state index in [2.05, 4.69) is 17.1 Å². The predicted molar refractivity (Wildman–Crippen MR) is 66.4 cm³/mol.